The molecule has 6 aromatic rings. The van der Waals surface area contributed by atoms with Crippen LogP contribution in [0.15, 0.2) is 115 Å². The van der Waals surface area contributed by atoms with E-state index in [0.29, 0.717) is 33.8 Å². The van der Waals surface area contributed by atoms with Crippen LogP contribution < -0.4 is 14.7 Å². The van der Waals surface area contributed by atoms with Crippen molar-refractivity contribution in [2.75, 3.05) is 21.3 Å². The number of ether oxygens (including phenoxy) is 1. The van der Waals surface area contributed by atoms with Crippen LogP contribution in [0.5, 0.6) is 0 Å². The van der Waals surface area contributed by atoms with Crippen LogP contribution in [-0.4, -0.2) is 41.2 Å². The number of anilines is 5. The third-order valence-electron chi connectivity index (χ3n) is 12.3. The molecule has 6 aromatic carbocycles. The van der Waals surface area contributed by atoms with Crippen LogP contribution in [0.1, 0.15) is 59.0 Å². The zero-order chi connectivity index (χ0) is 38.0. The summed E-state index contributed by atoms with van der Waals surface area (Å²) < 4.78 is 22.9. The molecule has 4 heterocycles. The summed E-state index contributed by atoms with van der Waals surface area (Å²) in [5.74, 6) is -1.89. The Kier molecular flexibility index (Phi) is 7.22. The molecule has 1 fully saturated rings. The predicted molar refractivity (Wildman–Crippen MR) is 211 cm³/mol. The highest BCUT2D eigenvalue weighted by Gasteiger charge is 2.66. The van der Waals surface area contributed by atoms with Gasteiger partial charge in [0.25, 0.3) is 17.7 Å². The number of benzene rings is 6. The molecule has 4 atom stereocenters. The fraction of sp³-hybridized carbons (Fsp3) is 0.239. The van der Waals surface area contributed by atoms with E-state index in [1.54, 1.807) is 14.7 Å². The van der Waals surface area contributed by atoms with E-state index in [1.807, 2.05) is 122 Å². The average molecular weight is 732 g/mol. The number of halogens is 1. The van der Waals surface area contributed by atoms with Crippen LogP contribution >= 0.6 is 0 Å². The van der Waals surface area contributed by atoms with Gasteiger partial charge in [0.2, 0.25) is 0 Å². The zero-order valence-electron chi connectivity index (χ0n) is 30.6. The summed E-state index contributed by atoms with van der Waals surface area (Å²) in [5, 5.41) is 13.8. The number of fused-ring (bicyclic) bond motifs is 2. The second-order valence-electron chi connectivity index (χ2n) is 15.7. The second kappa shape index (κ2) is 11.8. The molecule has 0 aliphatic carbocycles. The Hall–Kier alpha value is -5.90. The minimum Gasteiger partial charge on any atom is -0.396 e. The van der Waals surface area contributed by atoms with Gasteiger partial charge in [-0.05, 0) is 91.2 Å². The van der Waals surface area contributed by atoms with Crippen molar-refractivity contribution in [3.8, 4) is 0 Å². The van der Waals surface area contributed by atoms with Crippen LogP contribution in [-0.2, 0) is 21.7 Å². The SMILES string of the molecule is C[C@@H]1[C@@H](C(C)(C)F)[C@H](CCO)O[C@@]12C(=O)N(Cc1ccc(N3C(=O)c4cccc5cccc3c45)cc1)c1ccc(N3C(=O)c4cccc5cccc3c45)cc12. The van der Waals surface area contributed by atoms with Crippen molar-refractivity contribution in [3.05, 3.63) is 138 Å². The van der Waals surface area contributed by atoms with Crippen molar-refractivity contribution >= 4 is 67.7 Å². The number of hydrogen-bond acceptors (Lipinski definition) is 5. The lowest BCUT2D eigenvalue weighted by Gasteiger charge is -2.32. The fourth-order valence-electron chi connectivity index (χ4n) is 10.0. The highest BCUT2D eigenvalue weighted by Crippen LogP contribution is 2.59. The third-order valence-corrected chi connectivity index (χ3v) is 12.3. The Labute approximate surface area is 317 Å². The topological polar surface area (TPSA) is 90.4 Å². The van der Waals surface area contributed by atoms with Gasteiger partial charge >= 0.3 is 0 Å². The van der Waals surface area contributed by atoms with Gasteiger partial charge in [-0.15, -0.1) is 0 Å². The van der Waals surface area contributed by atoms with Crippen molar-refractivity contribution in [2.45, 2.75) is 51.1 Å². The van der Waals surface area contributed by atoms with E-state index in [0.717, 1.165) is 38.5 Å². The Morgan fingerprint density at radius 3 is 1.84 bits per heavy atom. The largest absolute Gasteiger partial charge is 0.396 e. The van der Waals surface area contributed by atoms with Crippen LogP contribution in [0.2, 0.25) is 0 Å². The van der Waals surface area contributed by atoms with E-state index in [-0.39, 0.29) is 37.3 Å². The third kappa shape index (κ3) is 4.60. The molecule has 0 bridgehead atoms. The van der Waals surface area contributed by atoms with E-state index in [2.05, 4.69) is 0 Å². The lowest BCUT2D eigenvalue weighted by molar-refractivity contribution is -0.146. The minimum absolute atomic E-state index is 0.0908. The first-order chi connectivity index (χ1) is 26.5. The molecule has 0 unspecified atom stereocenters. The smallest absolute Gasteiger partial charge is 0.264 e. The zero-order valence-corrected chi connectivity index (χ0v) is 30.6. The van der Waals surface area contributed by atoms with Crippen LogP contribution in [0, 0.1) is 11.8 Å². The molecule has 55 heavy (non-hydrogen) atoms. The molecule has 1 spiro atoms. The first-order valence-electron chi connectivity index (χ1n) is 18.8. The quantitative estimate of drug-likeness (QED) is 0.177. The summed E-state index contributed by atoms with van der Waals surface area (Å²) in [5.41, 5.74) is 2.87. The Morgan fingerprint density at radius 2 is 1.27 bits per heavy atom. The van der Waals surface area contributed by atoms with Gasteiger partial charge in [0, 0.05) is 46.2 Å². The molecular formula is C46H38FN3O5. The van der Waals surface area contributed by atoms with Crippen LogP contribution in [0.25, 0.3) is 21.5 Å². The predicted octanol–water partition coefficient (Wildman–Crippen LogP) is 9.10. The molecule has 3 amide bonds. The van der Waals surface area contributed by atoms with E-state index in [1.165, 1.54) is 13.8 Å². The highest BCUT2D eigenvalue weighted by atomic mass is 19.1. The number of rotatable bonds is 7. The molecule has 8 nitrogen and oxygen atoms in total. The van der Waals surface area contributed by atoms with Crippen molar-refractivity contribution < 1.29 is 28.6 Å². The van der Waals surface area contributed by atoms with E-state index >= 15 is 9.18 Å². The maximum Gasteiger partial charge on any atom is 0.264 e. The van der Waals surface area contributed by atoms with Gasteiger partial charge in [-0.3, -0.25) is 24.2 Å². The Bertz CT molecular complexity index is 2620. The molecule has 9 heteroatoms. The summed E-state index contributed by atoms with van der Waals surface area (Å²) in [6, 6.07) is 36.3. The summed E-state index contributed by atoms with van der Waals surface area (Å²) in [6.45, 7) is 4.83. The monoisotopic (exact) mass is 731 g/mol. The van der Waals surface area contributed by atoms with E-state index in [9.17, 15) is 14.7 Å². The number of aliphatic hydroxyl groups is 1. The van der Waals surface area contributed by atoms with Gasteiger partial charge in [-0.25, -0.2) is 4.39 Å². The maximum absolute atomic E-state index is 16.1. The van der Waals surface area contributed by atoms with Gasteiger partial charge in [-0.1, -0.05) is 67.6 Å². The molecule has 274 valence electrons. The normalized spacial score (nSPS) is 22.7. The molecule has 10 rings (SSSR count). The van der Waals surface area contributed by atoms with Gasteiger partial charge in [0.1, 0.15) is 5.67 Å². The average Bonchev–Trinajstić information content (AvgIpc) is 3.82. The molecule has 0 aromatic heterocycles. The lowest BCUT2D eigenvalue weighted by Crippen LogP contribution is -2.45. The number of amides is 3. The molecule has 0 radical (unpaired) electrons. The van der Waals surface area contributed by atoms with Crippen molar-refractivity contribution in [2.24, 2.45) is 11.8 Å². The number of alkyl halides is 1. The Morgan fingerprint density at radius 1 is 0.727 bits per heavy atom. The van der Waals surface area contributed by atoms with Crippen molar-refractivity contribution in [1.29, 1.82) is 0 Å². The number of carbonyl (C=O) groups excluding carboxylic acids is 3. The summed E-state index contributed by atoms with van der Waals surface area (Å²) in [6.07, 6.45) is -0.555. The first-order valence-corrected chi connectivity index (χ1v) is 18.8. The van der Waals surface area contributed by atoms with Gasteiger partial charge in [-0.2, -0.15) is 0 Å². The van der Waals surface area contributed by atoms with Gasteiger partial charge < -0.3 is 14.7 Å². The number of nitrogens with zero attached hydrogens (tertiary/aromatic N) is 3. The standard InChI is InChI=1S/C46H38FN3O5/c1-26-41(45(2,3)47)38(22-23-51)55-46(26)34-24-31(50-37-15-7-11-29-9-5-13-33(40(29)37)43(50)53)20-21-35(34)48(44(46)54)25-27-16-18-30(19-17-27)49-36-14-6-10-28-8-4-12-32(39(28)36)42(49)52/h4-21,24,26,38,41,51H,22-23,25H2,1-3H3/t26-,38+,41-,46+/m1/s1. The Balaban J connectivity index is 1.05. The van der Waals surface area contributed by atoms with Gasteiger partial charge in [0.15, 0.2) is 5.60 Å². The molecule has 4 aliphatic rings. The first kappa shape index (κ1) is 33.7. The highest BCUT2D eigenvalue weighted by molar-refractivity contribution is 6.29. The number of hydrogen-bond donors (Lipinski definition) is 1. The summed E-state index contributed by atoms with van der Waals surface area (Å²) >= 11 is 0. The molecule has 0 saturated carbocycles. The van der Waals surface area contributed by atoms with E-state index in [4.69, 9.17) is 4.74 Å². The lowest BCUT2D eigenvalue weighted by atomic mass is 9.71. The second-order valence-corrected chi connectivity index (χ2v) is 15.7. The minimum atomic E-state index is -1.72. The summed E-state index contributed by atoms with van der Waals surface area (Å²) in [7, 11) is 0. The van der Waals surface area contributed by atoms with E-state index < -0.39 is 29.2 Å². The summed E-state index contributed by atoms with van der Waals surface area (Å²) in [4.78, 5) is 47.8. The fourth-order valence-corrected chi connectivity index (χ4v) is 10.0. The number of aliphatic hydroxyl groups excluding tert-OH is 1. The molecular weight excluding hydrogens is 694 g/mol. The van der Waals surface area contributed by atoms with Crippen LogP contribution in [0.3, 0.4) is 0 Å². The van der Waals surface area contributed by atoms with Crippen molar-refractivity contribution in [1.82, 2.24) is 0 Å². The van der Waals surface area contributed by atoms with Gasteiger partial charge in [0.05, 0.1) is 40.8 Å². The van der Waals surface area contributed by atoms with Crippen LogP contribution in [0.4, 0.5) is 32.8 Å². The molecule has 1 N–H and O–H groups in total. The molecule has 4 aliphatic heterocycles. The number of carbonyl (C=O) groups is 3. The maximum atomic E-state index is 16.1. The van der Waals surface area contributed by atoms with Crippen molar-refractivity contribution in [3.63, 3.8) is 0 Å². The molecule has 1 saturated heterocycles.